The number of para-hydroxylation sites is 1. The maximum atomic E-state index is 13.1. The lowest BCUT2D eigenvalue weighted by Gasteiger charge is -2.21. The summed E-state index contributed by atoms with van der Waals surface area (Å²) in [5.41, 5.74) is 2.22. The van der Waals surface area contributed by atoms with E-state index < -0.39 is 0 Å². The summed E-state index contributed by atoms with van der Waals surface area (Å²) in [6, 6.07) is 12.6. The molecule has 160 valence electrons. The van der Waals surface area contributed by atoms with Crippen molar-refractivity contribution < 1.29 is 9.18 Å². The Kier molecular flexibility index (Phi) is 8.24. The highest BCUT2D eigenvalue weighted by Crippen LogP contribution is 2.32. The maximum absolute atomic E-state index is 13.1. The second-order valence-electron chi connectivity index (χ2n) is 7.37. The van der Waals surface area contributed by atoms with Crippen LogP contribution in [0, 0.1) is 5.82 Å². The topological polar surface area (TPSA) is 36.4 Å². The molecule has 0 saturated carbocycles. The summed E-state index contributed by atoms with van der Waals surface area (Å²) in [7, 11) is 4.08. The highest BCUT2D eigenvalue weighted by molar-refractivity contribution is 7.99. The zero-order chi connectivity index (χ0) is 21.5. The Morgan fingerprint density at radius 1 is 1.13 bits per heavy atom. The van der Waals surface area contributed by atoms with Crippen LogP contribution in [0.1, 0.15) is 25.3 Å². The van der Waals surface area contributed by atoms with Crippen molar-refractivity contribution in [2.75, 3.05) is 37.8 Å². The number of aryl methyl sites for hydroxylation is 1. The van der Waals surface area contributed by atoms with Crippen LogP contribution in [0.5, 0.6) is 0 Å². The molecule has 0 aliphatic carbocycles. The molecule has 0 aliphatic heterocycles. The molecule has 3 aromatic rings. The van der Waals surface area contributed by atoms with Crippen molar-refractivity contribution in [1.29, 1.82) is 0 Å². The van der Waals surface area contributed by atoms with Crippen molar-refractivity contribution in [3.05, 3.63) is 53.8 Å². The number of rotatable bonds is 10. The van der Waals surface area contributed by atoms with Gasteiger partial charge in [-0.2, -0.15) is 0 Å². The van der Waals surface area contributed by atoms with Gasteiger partial charge in [-0.15, -0.1) is 11.8 Å². The van der Waals surface area contributed by atoms with Gasteiger partial charge in [0.1, 0.15) is 5.82 Å². The standard InChI is InChI=1S/C23H28FN3OS2/c1-4-17-7-5-8-20-22(17)25-23(30-20)27(15-6-14-26(2)3)21(28)13-16-29-19-11-9-18(24)10-12-19/h5,7-12H,4,6,13-16H2,1-3H3. The summed E-state index contributed by atoms with van der Waals surface area (Å²) < 4.78 is 14.2. The highest BCUT2D eigenvalue weighted by atomic mass is 32.2. The van der Waals surface area contributed by atoms with E-state index in [4.69, 9.17) is 4.98 Å². The molecule has 30 heavy (non-hydrogen) atoms. The van der Waals surface area contributed by atoms with Crippen LogP contribution in [0.3, 0.4) is 0 Å². The Morgan fingerprint density at radius 3 is 2.60 bits per heavy atom. The van der Waals surface area contributed by atoms with Crippen molar-refractivity contribution in [1.82, 2.24) is 9.88 Å². The van der Waals surface area contributed by atoms with Crippen LogP contribution >= 0.6 is 23.1 Å². The Labute approximate surface area is 186 Å². The fraction of sp³-hybridized carbons (Fsp3) is 0.391. The lowest BCUT2D eigenvalue weighted by atomic mass is 10.1. The fourth-order valence-electron chi connectivity index (χ4n) is 3.19. The lowest BCUT2D eigenvalue weighted by Crippen LogP contribution is -2.33. The van der Waals surface area contributed by atoms with E-state index in [1.165, 1.54) is 17.7 Å². The van der Waals surface area contributed by atoms with Gasteiger partial charge in [-0.1, -0.05) is 30.4 Å². The zero-order valence-electron chi connectivity index (χ0n) is 17.7. The number of anilines is 1. The first-order valence-corrected chi connectivity index (χ1v) is 12.0. The number of hydrogen-bond donors (Lipinski definition) is 0. The number of fused-ring (bicyclic) bond motifs is 1. The SMILES string of the molecule is CCc1cccc2sc(N(CCCN(C)C)C(=O)CCSc3ccc(F)cc3)nc12. The van der Waals surface area contributed by atoms with Gasteiger partial charge in [-0.3, -0.25) is 9.69 Å². The van der Waals surface area contributed by atoms with Crippen molar-refractivity contribution in [3.63, 3.8) is 0 Å². The van der Waals surface area contributed by atoms with Gasteiger partial charge in [0.25, 0.3) is 0 Å². The molecule has 0 saturated heterocycles. The van der Waals surface area contributed by atoms with Gasteiger partial charge in [0.05, 0.1) is 10.2 Å². The molecule has 0 bridgehead atoms. The normalized spacial score (nSPS) is 11.4. The van der Waals surface area contributed by atoms with E-state index in [0.29, 0.717) is 18.7 Å². The summed E-state index contributed by atoms with van der Waals surface area (Å²) in [5, 5.41) is 0.779. The monoisotopic (exact) mass is 445 g/mol. The Morgan fingerprint density at radius 2 is 1.90 bits per heavy atom. The first-order valence-electron chi connectivity index (χ1n) is 10.2. The molecule has 1 heterocycles. The van der Waals surface area contributed by atoms with Gasteiger partial charge < -0.3 is 4.90 Å². The third-order valence-electron chi connectivity index (χ3n) is 4.79. The number of nitrogens with zero attached hydrogens (tertiary/aromatic N) is 3. The number of carbonyl (C=O) groups excluding carboxylic acids is 1. The first kappa shape index (κ1) is 22.7. The molecule has 3 rings (SSSR count). The van der Waals surface area contributed by atoms with E-state index in [1.807, 2.05) is 19.0 Å². The second-order valence-corrected chi connectivity index (χ2v) is 9.55. The Balaban J connectivity index is 1.72. The van der Waals surface area contributed by atoms with Crippen LogP contribution in [-0.4, -0.2) is 48.7 Å². The number of thioether (sulfide) groups is 1. The number of halogens is 1. The van der Waals surface area contributed by atoms with E-state index in [1.54, 1.807) is 35.2 Å². The minimum atomic E-state index is -0.246. The number of amides is 1. The van der Waals surface area contributed by atoms with Crippen molar-refractivity contribution in [3.8, 4) is 0 Å². The third-order valence-corrected chi connectivity index (χ3v) is 6.85. The molecule has 0 fully saturated rings. The molecular weight excluding hydrogens is 417 g/mol. The molecular formula is C23H28FN3OS2. The zero-order valence-corrected chi connectivity index (χ0v) is 19.4. The molecule has 1 amide bonds. The first-order chi connectivity index (χ1) is 14.5. The molecule has 0 atom stereocenters. The average molecular weight is 446 g/mol. The number of aromatic nitrogens is 1. The number of carbonyl (C=O) groups is 1. The van der Waals surface area contributed by atoms with Crippen LogP contribution in [-0.2, 0) is 11.2 Å². The second kappa shape index (κ2) is 10.9. The molecule has 1 aromatic heterocycles. The minimum absolute atomic E-state index is 0.0838. The van der Waals surface area contributed by atoms with Gasteiger partial charge >= 0.3 is 0 Å². The predicted octanol–water partition coefficient (Wildman–Crippen LogP) is 5.46. The summed E-state index contributed by atoms with van der Waals surface area (Å²) in [6.07, 6.45) is 2.23. The molecule has 0 unspecified atom stereocenters. The smallest absolute Gasteiger partial charge is 0.229 e. The fourth-order valence-corrected chi connectivity index (χ4v) is 5.09. The summed E-state index contributed by atoms with van der Waals surface area (Å²) in [4.78, 5) is 22.9. The van der Waals surface area contributed by atoms with Crippen molar-refractivity contribution in [2.45, 2.75) is 31.1 Å². The van der Waals surface area contributed by atoms with E-state index in [9.17, 15) is 9.18 Å². The van der Waals surface area contributed by atoms with E-state index >= 15 is 0 Å². The minimum Gasteiger partial charge on any atom is -0.309 e. The third kappa shape index (κ3) is 6.03. The van der Waals surface area contributed by atoms with Crippen LogP contribution in [0.2, 0.25) is 0 Å². The Hall–Kier alpha value is -1.96. The molecule has 0 aliphatic rings. The number of hydrogen-bond acceptors (Lipinski definition) is 5. The van der Waals surface area contributed by atoms with E-state index in [-0.39, 0.29) is 11.7 Å². The van der Waals surface area contributed by atoms with Gasteiger partial charge in [0.2, 0.25) is 5.91 Å². The molecule has 4 nitrogen and oxygen atoms in total. The van der Waals surface area contributed by atoms with Crippen LogP contribution in [0.4, 0.5) is 9.52 Å². The number of thiazole rings is 1. The maximum Gasteiger partial charge on any atom is 0.229 e. The van der Waals surface area contributed by atoms with Gasteiger partial charge in [-0.25, -0.2) is 9.37 Å². The molecule has 0 N–H and O–H groups in total. The van der Waals surface area contributed by atoms with Gasteiger partial charge in [-0.05, 0) is 69.4 Å². The molecule has 0 spiro atoms. The molecule has 2 aromatic carbocycles. The van der Waals surface area contributed by atoms with Crippen LogP contribution < -0.4 is 4.90 Å². The van der Waals surface area contributed by atoms with Crippen molar-refractivity contribution >= 4 is 44.4 Å². The van der Waals surface area contributed by atoms with Crippen LogP contribution in [0.15, 0.2) is 47.4 Å². The Bertz CT molecular complexity index is 972. The summed E-state index contributed by atoms with van der Waals surface area (Å²) >= 11 is 3.16. The van der Waals surface area contributed by atoms with Gasteiger partial charge in [0, 0.05) is 23.6 Å². The average Bonchev–Trinajstić information content (AvgIpc) is 3.16. The van der Waals surface area contributed by atoms with Crippen LogP contribution in [0.25, 0.3) is 10.2 Å². The molecule has 7 heteroatoms. The largest absolute Gasteiger partial charge is 0.309 e. The van der Waals surface area contributed by atoms with Gasteiger partial charge in [0.15, 0.2) is 5.13 Å². The summed E-state index contributed by atoms with van der Waals surface area (Å²) in [5.74, 6) is 0.491. The van der Waals surface area contributed by atoms with E-state index in [2.05, 4.69) is 30.0 Å². The highest BCUT2D eigenvalue weighted by Gasteiger charge is 2.20. The predicted molar refractivity (Wildman–Crippen MR) is 126 cm³/mol. The van der Waals surface area contributed by atoms with Crippen molar-refractivity contribution in [2.24, 2.45) is 0 Å². The summed E-state index contributed by atoms with van der Waals surface area (Å²) in [6.45, 7) is 3.69. The lowest BCUT2D eigenvalue weighted by molar-refractivity contribution is -0.118. The van der Waals surface area contributed by atoms with E-state index in [0.717, 1.165) is 39.6 Å². The number of benzene rings is 2. The quantitative estimate of drug-likeness (QED) is 0.388. The molecule has 0 radical (unpaired) electrons.